The van der Waals surface area contributed by atoms with E-state index in [1.165, 1.54) is 22.6 Å². The predicted octanol–water partition coefficient (Wildman–Crippen LogP) is 2.63. The fraction of sp³-hybridized carbons (Fsp3) is 0.375. The van der Waals surface area contributed by atoms with Crippen LogP contribution in [-0.4, -0.2) is 30.0 Å². The van der Waals surface area contributed by atoms with E-state index in [1.54, 1.807) is 5.38 Å². The lowest BCUT2D eigenvalue weighted by molar-refractivity contribution is 0.0996. The van der Waals surface area contributed by atoms with Crippen LogP contribution in [0.15, 0.2) is 29.6 Å². The smallest absolute Gasteiger partial charge is 0.268 e. The number of primary amides is 1. The van der Waals surface area contributed by atoms with E-state index in [4.69, 9.17) is 5.73 Å². The fourth-order valence-electron chi connectivity index (χ4n) is 2.71. The quantitative estimate of drug-likeness (QED) is 0.909. The van der Waals surface area contributed by atoms with Crippen molar-refractivity contribution in [3.63, 3.8) is 0 Å². The van der Waals surface area contributed by atoms with Crippen LogP contribution in [0.25, 0.3) is 0 Å². The number of amides is 1. The molecule has 0 spiro atoms. The summed E-state index contributed by atoms with van der Waals surface area (Å²) in [6, 6.07) is 8.94. The van der Waals surface area contributed by atoms with Gasteiger partial charge < -0.3 is 16.0 Å². The van der Waals surface area contributed by atoms with Gasteiger partial charge in [0.05, 0.1) is 0 Å². The van der Waals surface area contributed by atoms with Gasteiger partial charge in [-0.1, -0.05) is 12.1 Å². The van der Waals surface area contributed by atoms with E-state index in [0.29, 0.717) is 11.7 Å². The van der Waals surface area contributed by atoms with E-state index in [9.17, 15) is 4.79 Å². The van der Waals surface area contributed by atoms with Crippen LogP contribution in [0.5, 0.6) is 0 Å². The SMILES string of the molecule is Cc1cccc(NC2CCN(c3nc(C(N)=O)cs3)CC2)c1. The lowest BCUT2D eigenvalue weighted by Crippen LogP contribution is -2.39. The largest absolute Gasteiger partial charge is 0.382 e. The Hall–Kier alpha value is -2.08. The van der Waals surface area contributed by atoms with Gasteiger partial charge in [-0.05, 0) is 37.5 Å². The van der Waals surface area contributed by atoms with Gasteiger partial charge in [0.25, 0.3) is 5.91 Å². The van der Waals surface area contributed by atoms with Crippen molar-refractivity contribution < 1.29 is 4.79 Å². The van der Waals surface area contributed by atoms with Crippen LogP contribution in [0.4, 0.5) is 10.8 Å². The molecule has 0 atom stereocenters. The molecular formula is C16H20N4OS. The highest BCUT2D eigenvalue weighted by atomic mass is 32.1. The standard InChI is InChI=1S/C16H20N4OS/c1-11-3-2-4-13(9-11)18-12-5-7-20(8-6-12)16-19-14(10-22-16)15(17)21/h2-4,9-10,12,18H,5-8H2,1H3,(H2,17,21). The van der Waals surface area contributed by atoms with Gasteiger partial charge >= 0.3 is 0 Å². The minimum Gasteiger partial charge on any atom is -0.382 e. The average Bonchev–Trinajstić information content (AvgIpc) is 2.98. The molecular weight excluding hydrogens is 296 g/mol. The number of carbonyl (C=O) groups is 1. The molecule has 0 saturated carbocycles. The minimum atomic E-state index is -0.460. The Morgan fingerprint density at radius 1 is 1.41 bits per heavy atom. The molecule has 2 aromatic rings. The normalized spacial score (nSPS) is 15.8. The van der Waals surface area contributed by atoms with Crippen molar-refractivity contribution in [1.82, 2.24) is 4.98 Å². The Balaban J connectivity index is 1.56. The Kier molecular flexibility index (Phi) is 4.29. The fourth-order valence-corrected chi connectivity index (χ4v) is 3.58. The molecule has 1 amide bonds. The number of benzene rings is 1. The molecule has 0 radical (unpaired) electrons. The van der Waals surface area contributed by atoms with Gasteiger partial charge in [0.15, 0.2) is 5.13 Å². The summed E-state index contributed by atoms with van der Waals surface area (Å²) in [7, 11) is 0. The van der Waals surface area contributed by atoms with Crippen molar-refractivity contribution in [1.29, 1.82) is 0 Å². The van der Waals surface area contributed by atoms with Gasteiger partial charge in [-0.2, -0.15) is 0 Å². The molecule has 116 valence electrons. The number of nitrogens with one attached hydrogen (secondary N) is 1. The van der Waals surface area contributed by atoms with E-state index in [-0.39, 0.29) is 0 Å². The maximum atomic E-state index is 11.1. The molecule has 22 heavy (non-hydrogen) atoms. The summed E-state index contributed by atoms with van der Waals surface area (Å²) < 4.78 is 0. The first-order valence-electron chi connectivity index (χ1n) is 7.45. The van der Waals surface area contributed by atoms with Gasteiger partial charge in [-0.25, -0.2) is 4.98 Å². The molecule has 3 rings (SSSR count). The zero-order chi connectivity index (χ0) is 15.5. The third-order valence-corrected chi connectivity index (χ3v) is 4.80. The molecule has 1 aromatic carbocycles. The van der Waals surface area contributed by atoms with Crippen molar-refractivity contribution in [3.8, 4) is 0 Å². The average molecular weight is 316 g/mol. The van der Waals surface area contributed by atoms with Gasteiger partial charge in [-0.3, -0.25) is 4.79 Å². The zero-order valence-corrected chi connectivity index (χ0v) is 13.4. The summed E-state index contributed by atoms with van der Waals surface area (Å²) >= 11 is 1.49. The molecule has 0 bridgehead atoms. The molecule has 1 aromatic heterocycles. The number of anilines is 2. The lowest BCUT2D eigenvalue weighted by atomic mass is 10.0. The molecule has 1 aliphatic heterocycles. The van der Waals surface area contributed by atoms with Crippen LogP contribution >= 0.6 is 11.3 Å². The summed E-state index contributed by atoms with van der Waals surface area (Å²) in [5, 5.41) is 6.22. The van der Waals surface area contributed by atoms with Crippen LogP contribution in [0, 0.1) is 6.92 Å². The molecule has 0 aliphatic carbocycles. The number of carbonyl (C=O) groups excluding carboxylic acids is 1. The van der Waals surface area contributed by atoms with Gasteiger partial charge in [-0.15, -0.1) is 11.3 Å². The summed E-state index contributed by atoms with van der Waals surface area (Å²) in [6.45, 7) is 3.98. The highest BCUT2D eigenvalue weighted by molar-refractivity contribution is 7.13. The Bertz CT molecular complexity index is 662. The van der Waals surface area contributed by atoms with E-state index < -0.39 is 5.91 Å². The third kappa shape index (κ3) is 3.39. The number of aromatic nitrogens is 1. The zero-order valence-electron chi connectivity index (χ0n) is 12.6. The van der Waals surface area contributed by atoms with Gasteiger partial charge in [0, 0.05) is 30.2 Å². The van der Waals surface area contributed by atoms with Crippen molar-refractivity contribution in [2.75, 3.05) is 23.3 Å². The molecule has 1 fully saturated rings. The number of piperidine rings is 1. The maximum absolute atomic E-state index is 11.1. The molecule has 1 saturated heterocycles. The first-order chi connectivity index (χ1) is 10.6. The van der Waals surface area contributed by atoms with E-state index >= 15 is 0 Å². The monoisotopic (exact) mass is 316 g/mol. The number of thiazole rings is 1. The van der Waals surface area contributed by atoms with E-state index in [0.717, 1.165) is 31.1 Å². The Morgan fingerprint density at radius 2 is 2.18 bits per heavy atom. The second kappa shape index (κ2) is 6.36. The van der Waals surface area contributed by atoms with Gasteiger partial charge in [0.1, 0.15) is 5.69 Å². The predicted molar refractivity (Wildman–Crippen MR) is 90.7 cm³/mol. The number of hydrogen-bond acceptors (Lipinski definition) is 5. The van der Waals surface area contributed by atoms with E-state index in [1.807, 2.05) is 0 Å². The van der Waals surface area contributed by atoms with Crippen LogP contribution in [0.1, 0.15) is 28.9 Å². The number of aryl methyl sites for hydroxylation is 1. The second-order valence-electron chi connectivity index (χ2n) is 5.65. The van der Waals surface area contributed by atoms with Gasteiger partial charge in [0.2, 0.25) is 0 Å². The minimum absolute atomic E-state index is 0.361. The van der Waals surface area contributed by atoms with Crippen molar-refractivity contribution in [2.45, 2.75) is 25.8 Å². The topological polar surface area (TPSA) is 71.2 Å². The van der Waals surface area contributed by atoms with Crippen molar-refractivity contribution in [2.24, 2.45) is 5.73 Å². The molecule has 5 nitrogen and oxygen atoms in total. The summed E-state index contributed by atoms with van der Waals surface area (Å²) in [6.07, 6.45) is 2.11. The van der Waals surface area contributed by atoms with Crippen molar-refractivity contribution >= 4 is 28.1 Å². The van der Waals surface area contributed by atoms with Crippen LogP contribution in [0.3, 0.4) is 0 Å². The highest BCUT2D eigenvalue weighted by Gasteiger charge is 2.21. The van der Waals surface area contributed by atoms with Crippen LogP contribution < -0.4 is 16.0 Å². The number of rotatable bonds is 4. The Labute approximate surface area is 134 Å². The number of hydrogen-bond donors (Lipinski definition) is 2. The molecule has 6 heteroatoms. The molecule has 1 aliphatic rings. The molecule has 0 unspecified atom stereocenters. The maximum Gasteiger partial charge on any atom is 0.268 e. The van der Waals surface area contributed by atoms with Crippen molar-refractivity contribution in [3.05, 3.63) is 40.9 Å². The highest BCUT2D eigenvalue weighted by Crippen LogP contribution is 2.25. The molecule has 3 N–H and O–H groups in total. The van der Waals surface area contributed by atoms with Crippen LogP contribution in [0.2, 0.25) is 0 Å². The summed E-state index contributed by atoms with van der Waals surface area (Å²) in [5.41, 5.74) is 8.07. The summed E-state index contributed by atoms with van der Waals surface area (Å²) in [4.78, 5) is 17.6. The first kappa shape index (κ1) is 14.8. The number of nitrogens with two attached hydrogens (primary N) is 1. The second-order valence-corrected chi connectivity index (χ2v) is 6.49. The van der Waals surface area contributed by atoms with E-state index in [2.05, 4.69) is 46.4 Å². The molecule has 2 heterocycles. The summed E-state index contributed by atoms with van der Waals surface area (Å²) in [5.74, 6) is -0.460. The number of nitrogens with zero attached hydrogens (tertiary/aromatic N) is 2. The lowest BCUT2D eigenvalue weighted by Gasteiger charge is -2.32. The Morgan fingerprint density at radius 3 is 2.82 bits per heavy atom. The third-order valence-electron chi connectivity index (χ3n) is 3.90. The van der Waals surface area contributed by atoms with Crippen LogP contribution in [-0.2, 0) is 0 Å². The first-order valence-corrected chi connectivity index (χ1v) is 8.33.